The van der Waals surface area contributed by atoms with Crippen LogP contribution in [0.4, 0.5) is 0 Å². The van der Waals surface area contributed by atoms with Gasteiger partial charge in [-0.2, -0.15) is 5.10 Å². The highest BCUT2D eigenvalue weighted by molar-refractivity contribution is 5.09. The topological polar surface area (TPSA) is 84.1 Å². The minimum atomic E-state index is -0.878. The van der Waals surface area contributed by atoms with E-state index in [9.17, 15) is 9.90 Å². The van der Waals surface area contributed by atoms with Gasteiger partial charge < -0.3 is 5.11 Å². The zero-order valence-corrected chi connectivity index (χ0v) is 15.3. The molecule has 0 aliphatic carbocycles. The fourth-order valence-electron chi connectivity index (χ4n) is 4.46. The molecule has 1 N–H and O–H groups in total. The lowest BCUT2D eigenvalue weighted by molar-refractivity contribution is -0.0678. The van der Waals surface area contributed by atoms with Crippen molar-refractivity contribution in [3.05, 3.63) is 52.0 Å². The zero-order chi connectivity index (χ0) is 18.3. The summed E-state index contributed by atoms with van der Waals surface area (Å²) >= 11 is 0. The average molecular weight is 355 g/mol. The van der Waals surface area contributed by atoms with E-state index in [0.29, 0.717) is 24.9 Å². The first-order valence-electron chi connectivity index (χ1n) is 9.22. The predicted molar refractivity (Wildman–Crippen MR) is 96.5 cm³/mol. The number of aromatic nitrogens is 4. The third-order valence-electron chi connectivity index (χ3n) is 5.65. The number of aliphatic hydroxyl groups is 1. The molecule has 4 rings (SSSR count). The largest absolute Gasteiger partial charge is 0.388 e. The summed E-state index contributed by atoms with van der Waals surface area (Å²) in [7, 11) is 0. The third-order valence-corrected chi connectivity index (χ3v) is 5.65. The van der Waals surface area contributed by atoms with Crippen molar-refractivity contribution in [1.29, 1.82) is 0 Å². The van der Waals surface area contributed by atoms with Crippen molar-refractivity contribution in [2.24, 2.45) is 0 Å². The molecule has 2 fully saturated rings. The minimum Gasteiger partial charge on any atom is -0.388 e. The van der Waals surface area contributed by atoms with Crippen molar-refractivity contribution < 1.29 is 5.11 Å². The molecule has 7 heteroatoms. The maximum Gasteiger partial charge on any atom is 0.266 e. The van der Waals surface area contributed by atoms with E-state index in [-0.39, 0.29) is 12.1 Å². The van der Waals surface area contributed by atoms with Gasteiger partial charge in [0.15, 0.2) is 0 Å². The molecular formula is C19H25N5O2. The van der Waals surface area contributed by atoms with Crippen LogP contribution in [0.15, 0.2) is 29.3 Å². The predicted octanol–water partition coefficient (Wildman–Crippen LogP) is 1.21. The summed E-state index contributed by atoms with van der Waals surface area (Å²) in [6.07, 6.45) is 7.26. The SMILES string of the molecule is Cc1ccc(=O)n(CC2(O)CC3CCC(C2)N3Cc2cnc(C)nc2)n1. The quantitative estimate of drug-likeness (QED) is 0.887. The molecule has 2 aliphatic rings. The lowest BCUT2D eigenvalue weighted by Crippen LogP contribution is -2.53. The average Bonchev–Trinajstić information content (AvgIpc) is 2.84. The molecule has 2 bridgehead atoms. The Balaban J connectivity index is 1.49. The van der Waals surface area contributed by atoms with Gasteiger partial charge in [0, 0.05) is 42.7 Å². The Morgan fingerprint density at radius 3 is 2.46 bits per heavy atom. The third kappa shape index (κ3) is 3.41. The van der Waals surface area contributed by atoms with E-state index in [2.05, 4.69) is 20.0 Å². The van der Waals surface area contributed by atoms with Crippen molar-refractivity contribution in [3.63, 3.8) is 0 Å². The van der Waals surface area contributed by atoms with Crippen LogP contribution in [0.25, 0.3) is 0 Å². The van der Waals surface area contributed by atoms with Crippen LogP contribution in [0.5, 0.6) is 0 Å². The molecule has 0 saturated carbocycles. The van der Waals surface area contributed by atoms with Crippen molar-refractivity contribution in [3.8, 4) is 0 Å². The first kappa shape index (κ1) is 17.3. The number of piperidine rings is 1. The zero-order valence-electron chi connectivity index (χ0n) is 15.3. The lowest BCUT2D eigenvalue weighted by atomic mass is 9.85. The van der Waals surface area contributed by atoms with E-state index >= 15 is 0 Å². The van der Waals surface area contributed by atoms with E-state index in [1.54, 1.807) is 6.07 Å². The van der Waals surface area contributed by atoms with E-state index in [0.717, 1.165) is 36.5 Å². The second-order valence-electron chi connectivity index (χ2n) is 7.80. The normalized spacial score (nSPS) is 28.4. The Morgan fingerprint density at radius 1 is 1.15 bits per heavy atom. The summed E-state index contributed by atoms with van der Waals surface area (Å²) in [5.41, 5.74) is 0.856. The van der Waals surface area contributed by atoms with E-state index in [1.165, 1.54) is 10.7 Å². The number of nitrogens with zero attached hydrogens (tertiary/aromatic N) is 5. The Morgan fingerprint density at radius 2 is 1.81 bits per heavy atom. The summed E-state index contributed by atoms with van der Waals surface area (Å²) in [6.45, 7) is 4.82. The van der Waals surface area contributed by atoms with Crippen LogP contribution < -0.4 is 5.56 Å². The molecule has 26 heavy (non-hydrogen) atoms. The standard InChI is InChI=1S/C19H25N5O2/c1-13-3-6-18(25)24(22-13)12-19(26)7-16-4-5-17(8-19)23(16)11-15-9-20-14(2)21-10-15/h3,6,9-10,16-17,26H,4-5,7-8,11-12H2,1-2H3. The second kappa shape index (κ2) is 6.55. The van der Waals surface area contributed by atoms with Crippen LogP contribution in [0.1, 0.15) is 42.8 Å². The van der Waals surface area contributed by atoms with E-state index < -0.39 is 5.60 Å². The summed E-state index contributed by atoms with van der Waals surface area (Å²) < 4.78 is 1.41. The lowest BCUT2D eigenvalue weighted by Gasteiger charge is -2.43. The van der Waals surface area contributed by atoms with Crippen LogP contribution in [0.2, 0.25) is 0 Å². The van der Waals surface area contributed by atoms with Crippen LogP contribution in [-0.2, 0) is 13.1 Å². The van der Waals surface area contributed by atoms with E-state index in [4.69, 9.17) is 0 Å². The highest BCUT2D eigenvalue weighted by atomic mass is 16.3. The van der Waals surface area contributed by atoms with Crippen molar-refractivity contribution in [2.45, 2.75) is 70.3 Å². The smallest absolute Gasteiger partial charge is 0.266 e. The summed E-state index contributed by atoms with van der Waals surface area (Å²) in [4.78, 5) is 23.1. The fourth-order valence-corrected chi connectivity index (χ4v) is 4.46. The van der Waals surface area contributed by atoms with Crippen LogP contribution >= 0.6 is 0 Å². The molecular weight excluding hydrogens is 330 g/mol. The van der Waals surface area contributed by atoms with Crippen molar-refractivity contribution in [2.75, 3.05) is 0 Å². The fraction of sp³-hybridized carbons (Fsp3) is 0.579. The van der Waals surface area contributed by atoms with Gasteiger partial charge in [0.25, 0.3) is 5.56 Å². The number of fused-ring (bicyclic) bond motifs is 2. The molecule has 2 atom stereocenters. The molecule has 7 nitrogen and oxygen atoms in total. The highest BCUT2D eigenvalue weighted by Gasteiger charge is 2.47. The second-order valence-corrected chi connectivity index (χ2v) is 7.80. The van der Waals surface area contributed by atoms with Crippen molar-refractivity contribution in [1.82, 2.24) is 24.6 Å². The minimum absolute atomic E-state index is 0.157. The maximum atomic E-state index is 12.1. The van der Waals surface area contributed by atoms with Gasteiger partial charge in [0.1, 0.15) is 5.82 Å². The molecule has 0 aromatic carbocycles. The molecule has 0 spiro atoms. The molecule has 2 unspecified atom stereocenters. The Hall–Kier alpha value is -2.12. The Bertz CT molecular complexity index is 834. The van der Waals surface area contributed by atoms with Gasteiger partial charge in [-0.3, -0.25) is 9.69 Å². The molecule has 2 aromatic heterocycles. The number of rotatable bonds is 4. The summed E-state index contributed by atoms with van der Waals surface area (Å²) in [6, 6.07) is 3.87. The Kier molecular flexibility index (Phi) is 4.36. The first-order valence-corrected chi connectivity index (χ1v) is 9.22. The van der Waals surface area contributed by atoms with Gasteiger partial charge in [-0.05, 0) is 45.6 Å². The first-order chi connectivity index (χ1) is 12.4. The van der Waals surface area contributed by atoms with Gasteiger partial charge in [0.2, 0.25) is 0 Å². The Labute approximate surface area is 152 Å². The van der Waals surface area contributed by atoms with Crippen LogP contribution in [0.3, 0.4) is 0 Å². The molecule has 4 heterocycles. The molecule has 138 valence electrons. The monoisotopic (exact) mass is 355 g/mol. The van der Waals surface area contributed by atoms with Gasteiger partial charge in [0.05, 0.1) is 17.8 Å². The number of aryl methyl sites for hydroxylation is 2. The van der Waals surface area contributed by atoms with Gasteiger partial charge in [-0.15, -0.1) is 0 Å². The van der Waals surface area contributed by atoms with Crippen molar-refractivity contribution >= 4 is 0 Å². The van der Waals surface area contributed by atoms with Crippen LogP contribution in [-0.4, -0.2) is 47.4 Å². The van der Waals surface area contributed by atoms with Crippen LogP contribution in [0, 0.1) is 13.8 Å². The summed E-state index contributed by atoms with van der Waals surface area (Å²) in [5, 5.41) is 15.5. The molecule has 2 aliphatic heterocycles. The summed E-state index contributed by atoms with van der Waals surface area (Å²) in [5.74, 6) is 0.779. The van der Waals surface area contributed by atoms with Gasteiger partial charge >= 0.3 is 0 Å². The maximum absolute atomic E-state index is 12.1. The molecule has 2 saturated heterocycles. The molecule has 0 radical (unpaired) electrons. The van der Waals surface area contributed by atoms with E-state index in [1.807, 2.05) is 26.2 Å². The van der Waals surface area contributed by atoms with Gasteiger partial charge in [-0.1, -0.05) is 0 Å². The van der Waals surface area contributed by atoms with Gasteiger partial charge in [-0.25, -0.2) is 14.6 Å². The highest BCUT2D eigenvalue weighted by Crippen LogP contribution is 2.42. The number of hydrogen-bond donors (Lipinski definition) is 1. The molecule has 0 amide bonds. The molecule has 2 aromatic rings. The number of hydrogen-bond acceptors (Lipinski definition) is 6.